The van der Waals surface area contributed by atoms with Crippen molar-refractivity contribution in [2.24, 2.45) is 0 Å². The van der Waals surface area contributed by atoms with Crippen molar-refractivity contribution in [3.05, 3.63) is 197 Å². The van der Waals surface area contributed by atoms with Crippen molar-refractivity contribution in [1.29, 1.82) is 0 Å². The van der Waals surface area contributed by atoms with Gasteiger partial charge in [-0.2, -0.15) is 0 Å². The Labute approximate surface area is 390 Å². The molecule has 4 heterocycles. The second-order valence-corrected chi connectivity index (χ2v) is 17.9. The first-order valence-electron chi connectivity index (χ1n) is 21.7. The molecule has 64 heavy (non-hydrogen) atoms. The summed E-state index contributed by atoms with van der Waals surface area (Å²) in [4.78, 5) is 14.0. The molecule has 1 radical (unpaired) electrons. The molecule has 10 aromatic rings. The Morgan fingerprint density at radius 3 is 1.94 bits per heavy atom. The summed E-state index contributed by atoms with van der Waals surface area (Å²) in [5, 5.41) is 4.49. The van der Waals surface area contributed by atoms with Gasteiger partial charge in [0.25, 0.3) is 0 Å². The zero-order chi connectivity index (χ0) is 44.0. The van der Waals surface area contributed by atoms with Crippen molar-refractivity contribution in [2.45, 2.75) is 67.7 Å². The fourth-order valence-corrected chi connectivity index (χ4v) is 8.40. The summed E-state index contributed by atoms with van der Waals surface area (Å²) < 4.78 is 6.26. The number of nitrogens with zero attached hydrogens (tertiary/aromatic N) is 3. The third kappa shape index (κ3) is 8.84. The number of hydrogen-bond donors (Lipinski definition) is 0. The summed E-state index contributed by atoms with van der Waals surface area (Å²) in [6, 6.07) is 54.1. The zero-order valence-corrected chi connectivity index (χ0v) is 40.3. The molecule has 10 rings (SSSR count). The average Bonchev–Trinajstić information content (AvgIpc) is 3.65. The molecule has 4 aromatic heterocycles. The Hall–Kier alpha value is -6.52. The summed E-state index contributed by atoms with van der Waals surface area (Å²) in [7, 11) is 0. The molecule has 0 unspecified atom stereocenters. The van der Waals surface area contributed by atoms with Gasteiger partial charge in [-0.25, -0.2) is 4.98 Å². The van der Waals surface area contributed by atoms with E-state index in [1.54, 1.807) is 0 Å². The number of aryl methyl sites for hydroxylation is 6. The normalized spacial score (nSPS) is 11.4. The van der Waals surface area contributed by atoms with Gasteiger partial charge in [-0.3, -0.25) is 0 Å². The molecule has 0 aliphatic heterocycles. The second-order valence-electron chi connectivity index (χ2n) is 17.9. The summed E-state index contributed by atoms with van der Waals surface area (Å²) >= 11 is 0. The number of benzene rings is 6. The standard InChI is InChI=1S/C39H33N2O.C20H18N.Ir/c1-23-18-29-19-27(26-13-15-30(16-14-26)39(4,5)6)11-12-28(29)20-34(23)35-21-36(40-22-24(35)2)33-9-7-8-31-32-17-10-25(3)41-38(32)42-37(31)33;1-14-8-10-17(11-9-14)20-12-19(16(3)13-21-20)18-7-5-4-6-15(18)2;/h7-8,10-22H,1-6H3;4-10,12-13H,1-3H3;/q2*-1;. The fraction of sp³-hybridized carbons (Fsp3) is 0.169. The molecule has 0 aliphatic rings. The van der Waals surface area contributed by atoms with E-state index in [4.69, 9.17) is 9.40 Å². The van der Waals surface area contributed by atoms with Gasteiger partial charge < -0.3 is 14.4 Å². The molecule has 0 N–H and O–H groups in total. The number of furan rings is 1. The Balaban J connectivity index is 0.000000214. The average molecular weight is 1010 g/mol. The Morgan fingerprint density at radius 2 is 1.22 bits per heavy atom. The number of aromatic nitrogens is 3. The third-order valence-electron chi connectivity index (χ3n) is 12.1. The van der Waals surface area contributed by atoms with E-state index in [0.717, 1.165) is 55.7 Å². The van der Waals surface area contributed by atoms with E-state index in [9.17, 15) is 0 Å². The fourth-order valence-electron chi connectivity index (χ4n) is 8.40. The minimum absolute atomic E-state index is 0. The van der Waals surface area contributed by atoms with Gasteiger partial charge in [-0.1, -0.05) is 118 Å². The van der Waals surface area contributed by atoms with E-state index in [-0.39, 0.29) is 25.5 Å². The summed E-state index contributed by atoms with van der Waals surface area (Å²) in [6.07, 6.45) is 3.90. The number of pyridine rings is 3. The maximum Gasteiger partial charge on any atom is 0.216 e. The van der Waals surface area contributed by atoms with Crippen LogP contribution >= 0.6 is 0 Å². The van der Waals surface area contributed by atoms with Gasteiger partial charge in [-0.05, 0) is 148 Å². The quantitative estimate of drug-likeness (QED) is 0.161. The van der Waals surface area contributed by atoms with Crippen molar-refractivity contribution in [3.8, 4) is 55.9 Å². The second kappa shape index (κ2) is 17.9. The first kappa shape index (κ1) is 44.1. The van der Waals surface area contributed by atoms with Crippen LogP contribution in [0.1, 0.15) is 59.8 Å². The molecule has 0 bridgehead atoms. The van der Waals surface area contributed by atoms with Crippen molar-refractivity contribution in [3.63, 3.8) is 0 Å². The molecular weight excluding hydrogens is 959 g/mol. The zero-order valence-electron chi connectivity index (χ0n) is 37.9. The van der Waals surface area contributed by atoms with Crippen molar-refractivity contribution in [1.82, 2.24) is 15.0 Å². The molecule has 6 aromatic carbocycles. The monoisotopic (exact) mass is 1010 g/mol. The number of hydrogen-bond acceptors (Lipinski definition) is 4. The molecule has 5 heteroatoms. The van der Waals surface area contributed by atoms with E-state index < -0.39 is 0 Å². The van der Waals surface area contributed by atoms with Gasteiger partial charge in [-0.15, -0.1) is 53.6 Å². The summed E-state index contributed by atoms with van der Waals surface area (Å²) in [5.41, 5.74) is 20.9. The molecule has 0 saturated heterocycles. The van der Waals surface area contributed by atoms with Gasteiger partial charge in [0.15, 0.2) is 0 Å². The SMILES string of the molecule is Cc1c[c-]c(-c2cc(-c3ccccc3C)c(C)cn2)cc1.Cc1ccc2c(n1)oc1c(-c3cc(-c4cc5ccc(-c6ccc(C(C)(C)C)cc6)cc5cc4C)c(C)cn3)[c-]ccc12.[Ir]. The van der Waals surface area contributed by atoms with Crippen LogP contribution < -0.4 is 0 Å². The molecule has 0 saturated carbocycles. The van der Waals surface area contributed by atoms with E-state index in [1.165, 1.54) is 66.4 Å². The predicted molar refractivity (Wildman–Crippen MR) is 263 cm³/mol. The predicted octanol–water partition coefficient (Wildman–Crippen LogP) is 15.7. The van der Waals surface area contributed by atoms with Crippen LogP contribution in [0.2, 0.25) is 0 Å². The van der Waals surface area contributed by atoms with Gasteiger partial charge >= 0.3 is 0 Å². The Bertz CT molecular complexity index is 3320. The van der Waals surface area contributed by atoms with Crippen LogP contribution in [0.4, 0.5) is 0 Å². The molecular formula is C59H51IrN3O-2. The van der Waals surface area contributed by atoms with Crippen LogP contribution in [-0.2, 0) is 25.5 Å². The van der Waals surface area contributed by atoms with Gasteiger partial charge in [0.2, 0.25) is 5.71 Å². The van der Waals surface area contributed by atoms with E-state index >= 15 is 0 Å². The Morgan fingerprint density at radius 1 is 0.531 bits per heavy atom. The first-order chi connectivity index (χ1) is 30.3. The molecule has 319 valence electrons. The van der Waals surface area contributed by atoms with Crippen molar-refractivity contribution >= 4 is 32.8 Å². The first-order valence-corrected chi connectivity index (χ1v) is 21.7. The topological polar surface area (TPSA) is 51.8 Å². The van der Waals surface area contributed by atoms with E-state index in [1.807, 2.05) is 43.6 Å². The molecule has 0 aliphatic carbocycles. The van der Waals surface area contributed by atoms with Crippen molar-refractivity contribution in [2.75, 3.05) is 0 Å². The van der Waals surface area contributed by atoms with Crippen LogP contribution in [0.25, 0.3) is 88.7 Å². The largest absolute Gasteiger partial charge is 0.486 e. The number of fused-ring (bicyclic) bond motifs is 4. The van der Waals surface area contributed by atoms with Crippen molar-refractivity contribution < 1.29 is 24.5 Å². The van der Waals surface area contributed by atoms with Gasteiger partial charge in [0.05, 0.1) is 5.58 Å². The minimum atomic E-state index is 0. The van der Waals surface area contributed by atoms with Crippen LogP contribution in [0, 0.1) is 53.7 Å². The van der Waals surface area contributed by atoms with E-state index in [0.29, 0.717) is 5.71 Å². The van der Waals surface area contributed by atoms with Crippen LogP contribution in [0.3, 0.4) is 0 Å². The van der Waals surface area contributed by atoms with Crippen LogP contribution in [-0.4, -0.2) is 15.0 Å². The molecule has 0 spiro atoms. The maximum absolute atomic E-state index is 6.26. The molecule has 4 nitrogen and oxygen atoms in total. The summed E-state index contributed by atoms with van der Waals surface area (Å²) in [6.45, 7) is 19.4. The summed E-state index contributed by atoms with van der Waals surface area (Å²) in [5.74, 6) is 0. The van der Waals surface area contributed by atoms with Gasteiger partial charge in [0.1, 0.15) is 0 Å². The van der Waals surface area contributed by atoms with Crippen LogP contribution in [0.5, 0.6) is 0 Å². The number of rotatable bonds is 5. The molecule has 0 fully saturated rings. The molecule has 0 amide bonds. The van der Waals surface area contributed by atoms with Crippen LogP contribution in [0.15, 0.2) is 150 Å². The van der Waals surface area contributed by atoms with Gasteiger partial charge in [0, 0.05) is 43.6 Å². The smallest absolute Gasteiger partial charge is 0.216 e. The molecule has 0 atom stereocenters. The maximum atomic E-state index is 6.26. The Kier molecular flexibility index (Phi) is 12.4. The van der Waals surface area contributed by atoms with E-state index in [2.05, 4.69) is 187 Å². The minimum Gasteiger partial charge on any atom is -0.486 e. The third-order valence-corrected chi connectivity index (χ3v) is 12.1.